The van der Waals surface area contributed by atoms with Crippen LogP contribution in [-0.4, -0.2) is 5.11 Å². The van der Waals surface area contributed by atoms with Crippen molar-refractivity contribution in [2.24, 2.45) is 0 Å². The van der Waals surface area contributed by atoms with Gasteiger partial charge in [-0.3, -0.25) is 0 Å². The van der Waals surface area contributed by atoms with E-state index in [1.807, 2.05) is 12.1 Å². The molecule has 1 nitrogen and oxygen atoms in total. The average molecular weight is 332 g/mol. The first-order valence-corrected chi connectivity index (χ1v) is 6.52. The monoisotopic (exact) mass is 330 g/mol. The molecule has 88 valence electrons. The first-order valence-electron chi connectivity index (χ1n) is 4.97. The Hall–Kier alpha value is -0.540. The normalized spacial score (nSPS) is 12.5. The van der Waals surface area contributed by atoms with Gasteiger partial charge in [0.15, 0.2) is 0 Å². The summed E-state index contributed by atoms with van der Waals surface area (Å²) in [6.45, 7) is 0. The van der Waals surface area contributed by atoms with E-state index in [0.29, 0.717) is 15.6 Å². The maximum atomic E-state index is 10.3. The summed E-state index contributed by atoms with van der Waals surface area (Å²) in [6.07, 6.45) is -0.768. The summed E-state index contributed by atoms with van der Waals surface area (Å²) < 4.78 is 0.761. The van der Waals surface area contributed by atoms with Crippen molar-refractivity contribution in [1.29, 1.82) is 0 Å². The van der Waals surface area contributed by atoms with Gasteiger partial charge < -0.3 is 5.11 Å². The standard InChI is InChI=1S/C13H9BrCl2O/c14-11-7-8(15)5-6-9(11)13(17)10-3-1-2-4-12(10)16/h1-7,13,17H. The summed E-state index contributed by atoms with van der Waals surface area (Å²) in [6, 6.07) is 12.5. The zero-order valence-electron chi connectivity index (χ0n) is 8.70. The quantitative estimate of drug-likeness (QED) is 0.835. The molecule has 0 saturated heterocycles. The van der Waals surface area contributed by atoms with Crippen LogP contribution in [0.5, 0.6) is 0 Å². The molecule has 0 aromatic heterocycles. The molecule has 0 aliphatic carbocycles. The molecule has 0 heterocycles. The van der Waals surface area contributed by atoms with Crippen LogP contribution in [0.2, 0.25) is 10.0 Å². The lowest BCUT2D eigenvalue weighted by molar-refractivity contribution is 0.219. The van der Waals surface area contributed by atoms with Gasteiger partial charge in [-0.15, -0.1) is 0 Å². The summed E-state index contributed by atoms with van der Waals surface area (Å²) in [5.74, 6) is 0. The number of aliphatic hydroxyl groups is 1. The van der Waals surface area contributed by atoms with Gasteiger partial charge in [-0.05, 0) is 23.8 Å². The lowest BCUT2D eigenvalue weighted by Gasteiger charge is -2.14. The second-order valence-corrected chi connectivity index (χ2v) is 5.29. The van der Waals surface area contributed by atoms with E-state index in [9.17, 15) is 5.11 Å². The fourth-order valence-electron chi connectivity index (χ4n) is 1.59. The number of aliphatic hydroxyl groups excluding tert-OH is 1. The number of rotatable bonds is 2. The van der Waals surface area contributed by atoms with E-state index >= 15 is 0 Å². The molecule has 2 rings (SSSR count). The molecule has 0 amide bonds. The highest BCUT2D eigenvalue weighted by Crippen LogP contribution is 2.33. The second kappa shape index (κ2) is 5.40. The average Bonchev–Trinajstić information content (AvgIpc) is 2.29. The van der Waals surface area contributed by atoms with E-state index < -0.39 is 6.10 Å². The van der Waals surface area contributed by atoms with Gasteiger partial charge in [0.25, 0.3) is 0 Å². The minimum Gasteiger partial charge on any atom is -0.384 e. The molecule has 1 atom stereocenters. The predicted molar refractivity (Wildman–Crippen MR) is 74.7 cm³/mol. The van der Waals surface area contributed by atoms with E-state index in [4.69, 9.17) is 23.2 Å². The highest BCUT2D eigenvalue weighted by Gasteiger charge is 2.16. The van der Waals surface area contributed by atoms with Crippen molar-refractivity contribution in [3.05, 3.63) is 68.1 Å². The fraction of sp³-hybridized carbons (Fsp3) is 0.0769. The zero-order chi connectivity index (χ0) is 12.4. The molecule has 0 radical (unpaired) electrons. The third-order valence-electron chi connectivity index (χ3n) is 2.46. The van der Waals surface area contributed by atoms with Gasteiger partial charge in [0.05, 0.1) is 0 Å². The lowest BCUT2D eigenvalue weighted by atomic mass is 10.0. The van der Waals surface area contributed by atoms with Crippen molar-refractivity contribution in [3.63, 3.8) is 0 Å². The van der Waals surface area contributed by atoms with Crippen LogP contribution in [0.1, 0.15) is 17.2 Å². The van der Waals surface area contributed by atoms with Crippen molar-refractivity contribution in [1.82, 2.24) is 0 Å². The Morgan fingerprint density at radius 1 is 1.00 bits per heavy atom. The minimum atomic E-state index is -0.768. The lowest BCUT2D eigenvalue weighted by Crippen LogP contribution is -2.01. The van der Waals surface area contributed by atoms with Gasteiger partial charge in [-0.1, -0.05) is 63.4 Å². The number of halogens is 3. The number of hydrogen-bond donors (Lipinski definition) is 1. The van der Waals surface area contributed by atoms with Crippen LogP contribution in [0.15, 0.2) is 46.9 Å². The van der Waals surface area contributed by atoms with E-state index in [-0.39, 0.29) is 0 Å². The fourth-order valence-corrected chi connectivity index (χ4v) is 2.73. The molecule has 0 fully saturated rings. The van der Waals surface area contributed by atoms with Crippen LogP contribution >= 0.6 is 39.1 Å². The summed E-state index contributed by atoms with van der Waals surface area (Å²) in [5, 5.41) is 11.4. The van der Waals surface area contributed by atoms with Gasteiger partial charge in [0.2, 0.25) is 0 Å². The number of benzene rings is 2. The van der Waals surface area contributed by atoms with Gasteiger partial charge in [0, 0.05) is 20.1 Å². The van der Waals surface area contributed by atoms with E-state index in [1.165, 1.54) is 0 Å². The van der Waals surface area contributed by atoms with Crippen molar-refractivity contribution in [2.75, 3.05) is 0 Å². The van der Waals surface area contributed by atoms with E-state index in [2.05, 4.69) is 15.9 Å². The molecule has 0 spiro atoms. The first-order chi connectivity index (χ1) is 8.09. The Kier molecular flexibility index (Phi) is 4.10. The number of hydrogen-bond acceptors (Lipinski definition) is 1. The maximum absolute atomic E-state index is 10.3. The van der Waals surface area contributed by atoms with Crippen molar-refractivity contribution in [2.45, 2.75) is 6.10 Å². The molecule has 1 unspecified atom stereocenters. The topological polar surface area (TPSA) is 20.2 Å². The molecule has 0 saturated carbocycles. The van der Waals surface area contributed by atoms with Gasteiger partial charge in [0.1, 0.15) is 6.10 Å². The third kappa shape index (κ3) is 2.83. The maximum Gasteiger partial charge on any atom is 0.107 e. The SMILES string of the molecule is OC(c1ccccc1Cl)c1ccc(Cl)cc1Br. The van der Waals surface area contributed by atoms with E-state index in [1.54, 1.807) is 30.3 Å². The van der Waals surface area contributed by atoms with E-state index in [0.717, 1.165) is 10.0 Å². The Labute approximate surface area is 118 Å². The molecule has 0 aliphatic heterocycles. The molecule has 4 heteroatoms. The molecule has 1 N–H and O–H groups in total. The van der Waals surface area contributed by atoms with Gasteiger partial charge in [-0.25, -0.2) is 0 Å². The largest absolute Gasteiger partial charge is 0.384 e. The smallest absolute Gasteiger partial charge is 0.107 e. The van der Waals surface area contributed by atoms with Gasteiger partial charge >= 0.3 is 0 Å². The summed E-state index contributed by atoms with van der Waals surface area (Å²) in [4.78, 5) is 0. The van der Waals surface area contributed by atoms with Crippen LogP contribution in [0.4, 0.5) is 0 Å². The molecule has 2 aromatic carbocycles. The summed E-state index contributed by atoms with van der Waals surface area (Å²) in [5.41, 5.74) is 1.42. The van der Waals surface area contributed by atoms with Crippen LogP contribution in [0.25, 0.3) is 0 Å². The van der Waals surface area contributed by atoms with Crippen molar-refractivity contribution < 1.29 is 5.11 Å². The Morgan fingerprint density at radius 2 is 1.71 bits per heavy atom. The van der Waals surface area contributed by atoms with Crippen LogP contribution in [-0.2, 0) is 0 Å². The molecule has 2 aromatic rings. The summed E-state index contributed by atoms with van der Waals surface area (Å²) in [7, 11) is 0. The Bertz CT molecular complexity index is 543. The Balaban J connectivity index is 2.44. The van der Waals surface area contributed by atoms with Crippen LogP contribution in [0.3, 0.4) is 0 Å². The Morgan fingerprint density at radius 3 is 2.35 bits per heavy atom. The van der Waals surface area contributed by atoms with Crippen LogP contribution < -0.4 is 0 Å². The molecular weight excluding hydrogens is 323 g/mol. The zero-order valence-corrected chi connectivity index (χ0v) is 11.8. The summed E-state index contributed by atoms with van der Waals surface area (Å²) >= 11 is 15.3. The van der Waals surface area contributed by atoms with Crippen molar-refractivity contribution >= 4 is 39.1 Å². The molecule has 0 bridgehead atoms. The highest BCUT2D eigenvalue weighted by molar-refractivity contribution is 9.10. The first kappa shape index (κ1) is 12.9. The van der Waals surface area contributed by atoms with Gasteiger partial charge in [-0.2, -0.15) is 0 Å². The predicted octanol–water partition coefficient (Wildman–Crippen LogP) is 4.84. The third-order valence-corrected chi connectivity index (χ3v) is 3.72. The van der Waals surface area contributed by atoms with Crippen LogP contribution in [0, 0.1) is 0 Å². The molecule has 17 heavy (non-hydrogen) atoms. The minimum absolute atomic E-state index is 0.543. The molecule has 0 aliphatic rings. The van der Waals surface area contributed by atoms with Crippen molar-refractivity contribution in [3.8, 4) is 0 Å². The second-order valence-electron chi connectivity index (χ2n) is 3.59. The highest BCUT2D eigenvalue weighted by atomic mass is 79.9. The molecular formula is C13H9BrCl2O.